The van der Waals surface area contributed by atoms with Crippen LogP contribution in [0, 0.1) is 13.8 Å². The summed E-state index contributed by atoms with van der Waals surface area (Å²) in [6.45, 7) is 4.57. The third kappa shape index (κ3) is 5.51. The molecule has 2 atom stereocenters. The van der Waals surface area contributed by atoms with Gasteiger partial charge in [0.2, 0.25) is 6.17 Å². The van der Waals surface area contributed by atoms with E-state index in [2.05, 4.69) is 16.4 Å². The quantitative estimate of drug-likeness (QED) is 0.247. The van der Waals surface area contributed by atoms with Gasteiger partial charge >= 0.3 is 5.97 Å². The van der Waals surface area contributed by atoms with Crippen molar-refractivity contribution in [2.75, 3.05) is 18.0 Å². The SMILES string of the molecule is Cc1cc2c3c(c1)C(c1ccccc1)=NC(n1c(C)nc4cc(C(=O)N[C@@H](CCCCN)C(=O)O)ccc4c1=O)C(=O)N3CC2. The van der Waals surface area contributed by atoms with Crippen LogP contribution in [0.3, 0.4) is 0 Å². The molecule has 4 N–H and O–H groups in total. The smallest absolute Gasteiger partial charge is 0.326 e. The van der Waals surface area contributed by atoms with Crippen LogP contribution in [0.15, 0.2) is 70.5 Å². The van der Waals surface area contributed by atoms with Gasteiger partial charge in [-0.2, -0.15) is 0 Å². The molecule has 0 aliphatic carbocycles. The van der Waals surface area contributed by atoms with Crippen LogP contribution < -0.4 is 21.5 Å². The number of aromatic nitrogens is 2. The van der Waals surface area contributed by atoms with E-state index in [0.29, 0.717) is 38.1 Å². The summed E-state index contributed by atoms with van der Waals surface area (Å²) in [5.41, 5.74) is 10.7. The Kier molecular flexibility index (Phi) is 8.03. The predicted molar refractivity (Wildman–Crippen MR) is 171 cm³/mol. The lowest BCUT2D eigenvalue weighted by atomic mass is 9.96. The highest BCUT2D eigenvalue weighted by atomic mass is 16.4. The number of rotatable bonds is 9. The van der Waals surface area contributed by atoms with E-state index in [4.69, 9.17) is 10.7 Å². The first-order valence-corrected chi connectivity index (χ1v) is 15.0. The fourth-order valence-corrected chi connectivity index (χ4v) is 6.22. The Labute approximate surface area is 259 Å². The second-order valence-electron chi connectivity index (χ2n) is 11.5. The average Bonchev–Trinajstić information content (AvgIpc) is 3.40. The monoisotopic (exact) mass is 606 g/mol. The molecule has 6 rings (SSSR count). The molecule has 11 heteroatoms. The lowest BCUT2D eigenvalue weighted by Crippen LogP contribution is -2.41. The molecule has 0 spiro atoms. The minimum atomic E-state index is -1.20. The molecule has 2 aliphatic rings. The molecule has 1 unspecified atom stereocenters. The highest BCUT2D eigenvalue weighted by Gasteiger charge is 2.38. The van der Waals surface area contributed by atoms with E-state index in [1.165, 1.54) is 22.8 Å². The van der Waals surface area contributed by atoms with Crippen molar-refractivity contribution in [1.82, 2.24) is 14.9 Å². The summed E-state index contributed by atoms with van der Waals surface area (Å²) in [6.07, 6.45) is 0.960. The molecule has 0 fully saturated rings. The summed E-state index contributed by atoms with van der Waals surface area (Å²) in [4.78, 5) is 64.3. The van der Waals surface area contributed by atoms with Crippen LogP contribution in [0.2, 0.25) is 0 Å². The molecule has 3 aromatic carbocycles. The standard InChI is InChI=1S/C34H34N6O5/c1-19-16-22-13-15-39-29(22)25(17-19)28(21-8-4-3-5-9-21)38-30(33(39)43)40-20(2)36-27-18-23(11-12-24(27)32(40)42)31(41)37-26(34(44)45)10-6-7-14-35/h3-5,8-9,11-12,16-18,26,30H,6-7,10,13-15,35H2,1-2H3,(H,37,41)(H,44,45)/t26-,30?/m0/s1. The van der Waals surface area contributed by atoms with Crippen LogP contribution in [0.5, 0.6) is 0 Å². The maximum absolute atomic E-state index is 14.2. The van der Waals surface area contributed by atoms with Gasteiger partial charge in [-0.15, -0.1) is 0 Å². The number of nitrogens with one attached hydrogen (secondary N) is 1. The van der Waals surface area contributed by atoms with Crippen molar-refractivity contribution < 1.29 is 19.5 Å². The molecular weight excluding hydrogens is 572 g/mol. The summed E-state index contributed by atoms with van der Waals surface area (Å²) >= 11 is 0. The van der Waals surface area contributed by atoms with Gasteiger partial charge in [0.15, 0.2) is 0 Å². The lowest BCUT2D eigenvalue weighted by Gasteiger charge is -2.23. The Bertz CT molecular complexity index is 1930. The fourth-order valence-electron chi connectivity index (χ4n) is 6.22. The minimum Gasteiger partial charge on any atom is -0.480 e. The maximum Gasteiger partial charge on any atom is 0.326 e. The van der Waals surface area contributed by atoms with E-state index in [-0.39, 0.29) is 34.6 Å². The summed E-state index contributed by atoms with van der Waals surface area (Å²) in [7, 11) is 0. The van der Waals surface area contributed by atoms with E-state index in [1.54, 1.807) is 11.8 Å². The summed E-state index contributed by atoms with van der Waals surface area (Å²) < 4.78 is 1.32. The van der Waals surface area contributed by atoms with Crippen LogP contribution >= 0.6 is 0 Å². The van der Waals surface area contributed by atoms with Gasteiger partial charge < -0.3 is 21.1 Å². The van der Waals surface area contributed by atoms with Gasteiger partial charge in [0.1, 0.15) is 11.9 Å². The van der Waals surface area contributed by atoms with Gasteiger partial charge in [0, 0.05) is 23.2 Å². The molecule has 230 valence electrons. The first-order chi connectivity index (χ1) is 21.7. The molecule has 3 heterocycles. The number of aryl methyl sites for hydroxylation is 2. The average molecular weight is 607 g/mol. The predicted octanol–water partition coefficient (Wildman–Crippen LogP) is 3.26. The molecule has 45 heavy (non-hydrogen) atoms. The van der Waals surface area contributed by atoms with E-state index in [9.17, 15) is 24.3 Å². The zero-order chi connectivity index (χ0) is 31.8. The maximum atomic E-state index is 14.2. The minimum absolute atomic E-state index is 0.168. The van der Waals surface area contributed by atoms with Gasteiger partial charge in [-0.1, -0.05) is 42.0 Å². The number of benzene rings is 3. The van der Waals surface area contributed by atoms with Crippen molar-refractivity contribution in [3.05, 3.63) is 105 Å². The van der Waals surface area contributed by atoms with Crippen LogP contribution in [-0.4, -0.2) is 57.3 Å². The summed E-state index contributed by atoms with van der Waals surface area (Å²) in [5, 5.41) is 12.3. The van der Waals surface area contributed by atoms with Gasteiger partial charge in [-0.3, -0.25) is 19.0 Å². The largest absolute Gasteiger partial charge is 0.480 e. The van der Waals surface area contributed by atoms with Crippen LogP contribution in [0.4, 0.5) is 5.69 Å². The van der Waals surface area contributed by atoms with Crippen molar-refractivity contribution in [2.24, 2.45) is 10.7 Å². The van der Waals surface area contributed by atoms with Crippen LogP contribution in [0.1, 0.15) is 63.9 Å². The Hall–Kier alpha value is -5.16. The molecule has 0 radical (unpaired) electrons. The summed E-state index contributed by atoms with van der Waals surface area (Å²) in [5.74, 6) is -1.79. The van der Waals surface area contributed by atoms with Crippen LogP contribution in [-0.2, 0) is 16.0 Å². The molecule has 2 amide bonds. The molecule has 0 saturated carbocycles. The number of hydrogen-bond acceptors (Lipinski definition) is 7. The van der Waals surface area contributed by atoms with Crippen molar-refractivity contribution in [3.63, 3.8) is 0 Å². The fraction of sp³-hybridized carbons (Fsp3) is 0.294. The van der Waals surface area contributed by atoms with E-state index < -0.39 is 29.6 Å². The number of carboxylic acid groups (broad SMARTS) is 1. The van der Waals surface area contributed by atoms with E-state index in [0.717, 1.165) is 27.9 Å². The number of anilines is 1. The Balaban J connectivity index is 1.42. The molecule has 0 saturated heterocycles. The Morgan fingerprint density at radius 1 is 1.07 bits per heavy atom. The van der Waals surface area contributed by atoms with Crippen LogP contribution in [0.25, 0.3) is 10.9 Å². The van der Waals surface area contributed by atoms with Gasteiger partial charge in [-0.05, 0) is 75.9 Å². The third-order valence-electron chi connectivity index (χ3n) is 8.38. The molecule has 1 aromatic heterocycles. The lowest BCUT2D eigenvalue weighted by molar-refractivity contribution is -0.139. The number of carbonyl (C=O) groups excluding carboxylic acids is 2. The van der Waals surface area contributed by atoms with Gasteiger partial charge in [0.05, 0.1) is 22.3 Å². The molecule has 0 bridgehead atoms. The number of aliphatic carboxylic acids is 1. The van der Waals surface area contributed by atoms with Crippen molar-refractivity contribution in [2.45, 2.75) is 51.7 Å². The first kappa shape index (κ1) is 29.9. The normalized spacial score (nSPS) is 16.2. The Morgan fingerprint density at radius 2 is 1.84 bits per heavy atom. The number of aliphatic imine (C=N–C) groups is 1. The molecule has 2 aliphatic heterocycles. The number of hydrogen-bond donors (Lipinski definition) is 3. The second kappa shape index (κ2) is 12.1. The Morgan fingerprint density at radius 3 is 2.58 bits per heavy atom. The van der Waals surface area contributed by atoms with E-state index in [1.807, 2.05) is 43.3 Å². The highest BCUT2D eigenvalue weighted by molar-refractivity contribution is 6.20. The number of unbranched alkanes of at least 4 members (excludes halogenated alkanes) is 1. The van der Waals surface area contributed by atoms with Gasteiger partial charge in [-0.25, -0.2) is 14.8 Å². The van der Waals surface area contributed by atoms with E-state index >= 15 is 0 Å². The zero-order valence-electron chi connectivity index (χ0n) is 25.1. The van der Waals surface area contributed by atoms with Gasteiger partial charge in [0.25, 0.3) is 17.4 Å². The second-order valence-corrected chi connectivity index (χ2v) is 11.5. The van der Waals surface area contributed by atoms with Crippen molar-refractivity contribution in [3.8, 4) is 0 Å². The van der Waals surface area contributed by atoms with Crippen molar-refractivity contribution in [1.29, 1.82) is 0 Å². The molecule has 11 nitrogen and oxygen atoms in total. The number of nitrogens with two attached hydrogens (primary N) is 1. The third-order valence-corrected chi connectivity index (χ3v) is 8.38. The number of carboxylic acids is 1. The highest BCUT2D eigenvalue weighted by Crippen LogP contribution is 2.39. The zero-order valence-corrected chi connectivity index (χ0v) is 25.1. The summed E-state index contributed by atoms with van der Waals surface area (Å²) in [6, 6.07) is 17.1. The first-order valence-electron chi connectivity index (χ1n) is 15.0. The van der Waals surface area contributed by atoms with Crippen molar-refractivity contribution >= 4 is 40.1 Å². The number of amides is 2. The number of nitrogens with zero attached hydrogens (tertiary/aromatic N) is 4. The number of fused-ring (bicyclic) bond motifs is 1. The molecular formula is C34H34N6O5. The topological polar surface area (TPSA) is 160 Å². The number of carbonyl (C=O) groups is 3. The molecule has 4 aromatic rings.